The number of piperidine rings is 1. The second-order valence-electron chi connectivity index (χ2n) is 9.72. The van der Waals surface area contributed by atoms with Crippen LogP contribution in [0.5, 0.6) is 0 Å². The molecule has 33 heavy (non-hydrogen) atoms. The highest BCUT2D eigenvalue weighted by atomic mass is 16.4. The maximum Gasteiger partial charge on any atom is 0.420 e. The molecule has 0 aliphatic carbocycles. The van der Waals surface area contributed by atoms with Gasteiger partial charge in [0.15, 0.2) is 5.58 Å². The Hall–Kier alpha value is -3.56. The molecule has 1 N–H and O–H groups in total. The number of rotatable bonds is 3. The number of imide groups is 1. The molecule has 2 aliphatic rings. The van der Waals surface area contributed by atoms with Crippen LogP contribution in [0.3, 0.4) is 0 Å². The fourth-order valence-corrected chi connectivity index (χ4v) is 5.26. The van der Waals surface area contributed by atoms with Crippen molar-refractivity contribution >= 4 is 34.8 Å². The van der Waals surface area contributed by atoms with Gasteiger partial charge in [0.1, 0.15) is 5.54 Å². The molecule has 3 heterocycles. The number of benzene rings is 1. The number of hydrogen-bond donors (Lipinski definition) is 1. The molecule has 0 saturated carbocycles. The molecule has 4 rings (SSSR count). The molecule has 4 amide bonds. The van der Waals surface area contributed by atoms with Gasteiger partial charge in [-0.1, -0.05) is 26.8 Å². The molecular weight excluding hydrogens is 428 g/mol. The summed E-state index contributed by atoms with van der Waals surface area (Å²) in [7, 11) is 1.44. The van der Waals surface area contributed by atoms with Crippen molar-refractivity contribution in [1.29, 1.82) is 0 Å². The lowest BCUT2D eigenvalue weighted by atomic mass is 9.64. The predicted octanol–water partition coefficient (Wildman–Crippen LogP) is 2.96. The zero-order chi connectivity index (χ0) is 24.3. The fraction of sp³-hybridized carbons (Fsp3) is 0.478. The van der Waals surface area contributed by atoms with E-state index in [2.05, 4.69) is 6.58 Å². The van der Waals surface area contributed by atoms with Crippen LogP contribution in [-0.4, -0.2) is 63.2 Å². The van der Waals surface area contributed by atoms with Crippen LogP contribution >= 0.6 is 0 Å². The topological polar surface area (TPSA) is 116 Å². The van der Waals surface area contributed by atoms with Crippen LogP contribution in [0, 0.1) is 11.3 Å². The molecule has 0 radical (unpaired) electrons. The number of allylic oxidation sites excluding steroid dienone is 1. The highest BCUT2D eigenvalue weighted by molar-refractivity contribution is 6.17. The fourth-order valence-electron chi connectivity index (χ4n) is 5.26. The Labute approximate surface area is 190 Å². The normalized spacial score (nSPS) is 23.8. The number of likely N-dealkylation sites (N-methyl/N-ethyl adjacent to an activating group) is 1. The number of oxazole rings is 1. The van der Waals surface area contributed by atoms with Gasteiger partial charge in [-0.05, 0) is 24.0 Å². The number of fused-ring (bicyclic) bond motifs is 1. The molecule has 1 spiro atoms. The Bertz CT molecular complexity index is 1220. The van der Waals surface area contributed by atoms with Gasteiger partial charge in [0.25, 0.3) is 5.91 Å². The lowest BCUT2D eigenvalue weighted by Gasteiger charge is -2.51. The number of carboxylic acid groups (broad SMARTS) is 1. The van der Waals surface area contributed by atoms with Crippen LogP contribution < -0.4 is 10.7 Å². The molecule has 2 unspecified atom stereocenters. The van der Waals surface area contributed by atoms with E-state index in [-0.39, 0.29) is 32.0 Å². The first-order chi connectivity index (χ1) is 15.4. The molecule has 2 fully saturated rings. The number of likely N-dealkylation sites (tertiary alicyclic amines) is 1. The number of aromatic nitrogens is 1. The smallest absolute Gasteiger partial charge is 0.420 e. The van der Waals surface area contributed by atoms with Gasteiger partial charge in [0, 0.05) is 38.7 Å². The number of carbonyl (C=O) groups is 3. The third-order valence-electron chi connectivity index (χ3n) is 6.83. The highest BCUT2D eigenvalue weighted by Gasteiger charge is 2.64. The summed E-state index contributed by atoms with van der Waals surface area (Å²) >= 11 is 0. The molecule has 176 valence electrons. The van der Waals surface area contributed by atoms with Crippen LogP contribution in [-0.2, 0) is 11.3 Å². The van der Waals surface area contributed by atoms with E-state index in [0.29, 0.717) is 16.8 Å². The first kappa shape index (κ1) is 22.6. The van der Waals surface area contributed by atoms with Crippen LogP contribution in [0.25, 0.3) is 11.1 Å². The molecule has 10 heteroatoms. The van der Waals surface area contributed by atoms with Crippen LogP contribution in [0.2, 0.25) is 0 Å². The van der Waals surface area contributed by atoms with Gasteiger partial charge in [0.2, 0.25) is 0 Å². The lowest BCUT2D eigenvalue weighted by molar-refractivity contribution is -0.136. The molecular formula is C23H28N4O6. The van der Waals surface area contributed by atoms with Crippen molar-refractivity contribution in [3.05, 3.63) is 41.4 Å². The second-order valence-corrected chi connectivity index (χ2v) is 9.72. The van der Waals surface area contributed by atoms with E-state index < -0.39 is 34.8 Å². The average molecular weight is 456 g/mol. The van der Waals surface area contributed by atoms with Gasteiger partial charge in [-0.2, -0.15) is 0 Å². The Morgan fingerprint density at radius 1 is 1.30 bits per heavy atom. The Morgan fingerprint density at radius 3 is 2.61 bits per heavy atom. The average Bonchev–Trinajstić information content (AvgIpc) is 3.14. The van der Waals surface area contributed by atoms with Gasteiger partial charge in [-0.15, -0.1) is 6.58 Å². The van der Waals surface area contributed by atoms with Gasteiger partial charge < -0.3 is 14.4 Å². The minimum absolute atomic E-state index is 0.120. The minimum Gasteiger partial charge on any atom is -0.465 e. The number of anilines is 1. The van der Waals surface area contributed by atoms with E-state index >= 15 is 0 Å². The van der Waals surface area contributed by atoms with Crippen LogP contribution in [0.1, 0.15) is 27.2 Å². The maximum atomic E-state index is 13.6. The van der Waals surface area contributed by atoms with Gasteiger partial charge in [-0.25, -0.2) is 14.4 Å². The molecule has 10 nitrogen and oxygen atoms in total. The second kappa shape index (κ2) is 7.50. The van der Waals surface area contributed by atoms with Gasteiger partial charge in [-0.3, -0.25) is 19.2 Å². The van der Waals surface area contributed by atoms with Crippen molar-refractivity contribution in [3.63, 3.8) is 0 Å². The van der Waals surface area contributed by atoms with Crippen LogP contribution in [0.15, 0.2) is 40.1 Å². The number of urea groups is 1. The summed E-state index contributed by atoms with van der Waals surface area (Å²) in [6.07, 6.45) is 0.693. The Balaban J connectivity index is 1.90. The minimum atomic E-state index is -1.26. The van der Waals surface area contributed by atoms with Gasteiger partial charge >= 0.3 is 17.9 Å². The largest absolute Gasteiger partial charge is 0.465 e. The van der Waals surface area contributed by atoms with E-state index in [1.165, 1.54) is 21.4 Å². The first-order valence-corrected chi connectivity index (χ1v) is 10.8. The van der Waals surface area contributed by atoms with E-state index in [1.54, 1.807) is 24.3 Å². The summed E-state index contributed by atoms with van der Waals surface area (Å²) in [6.45, 7) is 10.00. The van der Waals surface area contributed by atoms with Crippen molar-refractivity contribution in [2.75, 3.05) is 25.0 Å². The summed E-state index contributed by atoms with van der Waals surface area (Å²) in [4.78, 5) is 54.8. The molecule has 1 aromatic carbocycles. The third kappa shape index (κ3) is 3.23. The lowest BCUT2D eigenvalue weighted by Crippen LogP contribution is -2.66. The maximum absolute atomic E-state index is 13.6. The Morgan fingerprint density at radius 2 is 2.00 bits per heavy atom. The highest BCUT2D eigenvalue weighted by Crippen LogP contribution is 2.49. The summed E-state index contributed by atoms with van der Waals surface area (Å²) in [6, 6.07) is 4.46. The van der Waals surface area contributed by atoms with E-state index in [9.17, 15) is 24.3 Å². The monoisotopic (exact) mass is 456 g/mol. The van der Waals surface area contributed by atoms with Crippen LogP contribution in [0.4, 0.5) is 15.3 Å². The van der Waals surface area contributed by atoms with Crippen molar-refractivity contribution in [2.45, 2.75) is 39.3 Å². The summed E-state index contributed by atoms with van der Waals surface area (Å²) in [5.74, 6) is -1.37. The van der Waals surface area contributed by atoms with E-state index in [4.69, 9.17) is 4.42 Å². The molecule has 2 aliphatic heterocycles. The first-order valence-electron chi connectivity index (χ1n) is 10.8. The quantitative estimate of drug-likeness (QED) is 0.561. The third-order valence-corrected chi connectivity index (χ3v) is 6.83. The van der Waals surface area contributed by atoms with E-state index in [0.717, 1.165) is 4.90 Å². The molecule has 1 aromatic heterocycles. The van der Waals surface area contributed by atoms with E-state index in [1.807, 2.05) is 20.8 Å². The molecule has 2 atom stereocenters. The SMILES string of the molecule is C=CCn1c(=O)oc2cc(N3C(=O)N(C)C(=O)C34CCN(C(=O)O)CC4C(C)(C)C)ccc21. The van der Waals surface area contributed by atoms with Crippen molar-refractivity contribution in [1.82, 2.24) is 14.4 Å². The number of hydrogen-bond acceptors (Lipinski definition) is 5. The van der Waals surface area contributed by atoms with Crippen molar-refractivity contribution < 1.29 is 23.9 Å². The zero-order valence-electron chi connectivity index (χ0n) is 19.2. The predicted molar refractivity (Wildman–Crippen MR) is 121 cm³/mol. The van der Waals surface area contributed by atoms with Crippen molar-refractivity contribution in [3.8, 4) is 0 Å². The number of nitrogens with zero attached hydrogens (tertiary/aromatic N) is 4. The molecule has 2 aromatic rings. The number of carbonyl (C=O) groups excluding carboxylic acids is 2. The van der Waals surface area contributed by atoms with Gasteiger partial charge in [0.05, 0.1) is 11.2 Å². The standard InChI is InChI=1S/C23H28N4O6/c1-6-10-26-15-8-7-14(12-16(15)33-21(26)32)27-19(29)24(5)18(28)23(27)9-11-25(20(30)31)13-17(23)22(2,3)4/h6-8,12,17H,1,9-11,13H2,2-5H3,(H,30,31). The molecule has 0 bridgehead atoms. The van der Waals surface area contributed by atoms with Crippen molar-refractivity contribution in [2.24, 2.45) is 11.3 Å². The number of amides is 4. The summed E-state index contributed by atoms with van der Waals surface area (Å²) < 4.78 is 6.82. The summed E-state index contributed by atoms with van der Waals surface area (Å²) in [5.41, 5.74) is -0.482. The zero-order valence-corrected chi connectivity index (χ0v) is 19.2. The Kier molecular flexibility index (Phi) is 5.14. The molecule has 2 saturated heterocycles. The summed E-state index contributed by atoms with van der Waals surface area (Å²) in [5, 5.41) is 9.59.